The number of benzene rings is 1. The van der Waals surface area contributed by atoms with Crippen LogP contribution in [0.2, 0.25) is 0 Å². The summed E-state index contributed by atoms with van der Waals surface area (Å²) in [5, 5.41) is 2.26. The van der Waals surface area contributed by atoms with E-state index in [9.17, 15) is 22.4 Å². The van der Waals surface area contributed by atoms with Gasteiger partial charge in [-0.05, 0) is 30.5 Å². The number of carbonyl (C=O) groups is 1. The van der Waals surface area contributed by atoms with E-state index in [1.165, 1.54) is 4.90 Å². The normalized spacial score (nSPS) is 21.8. The third kappa shape index (κ3) is 4.64. The summed E-state index contributed by atoms with van der Waals surface area (Å²) in [5.74, 6) is -0.497. The molecule has 2 fully saturated rings. The summed E-state index contributed by atoms with van der Waals surface area (Å²) in [6.45, 7) is 4.65. The Labute approximate surface area is 148 Å². The van der Waals surface area contributed by atoms with Gasteiger partial charge in [-0.15, -0.1) is 0 Å². The number of ether oxygens (including phenoxy) is 1. The summed E-state index contributed by atoms with van der Waals surface area (Å²) in [6, 6.07) is 1.61. The Morgan fingerprint density at radius 1 is 1.23 bits per heavy atom. The highest BCUT2D eigenvalue weighted by Crippen LogP contribution is 2.35. The summed E-state index contributed by atoms with van der Waals surface area (Å²) in [6.07, 6.45) is -3.71. The molecular formula is C17H21F4N3O2. The van der Waals surface area contributed by atoms with Crippen LogP contribution in [-0.4, -0.2) is 61.8 Å². The number of carbonyl (C=O) groups excluding carboxylic acids is 1. The second-order valence-electron chi connectivity index (χ2n) is 6.64. The molecule has 1 atom stereocenters. The van der Waals surface area contributed by atoms with Crippen molar-refractivity contribution in [3.8, 4) is 0 Å². The highest BCUT2D eigenvalue weighted by atomic mass is 19.4. The molecule has 0 bridgehead atoms. The summed E-state index contributed by atoms with van der Waals surface area (Å²) >= 11 is 0. The maximum absolute atomic E-state index is 13.1. The average molecular weight is 375 g/mol. The minimum Gasteiger partial charge on any atom is -0.381 e. The molecule has 1 unspecified atom stereocenters. The Morgan fingerprint density at radius 3 is 2.58 bits per heavy atom. The molecule has 0 aliphatic carbocycles. The summed E-state index contributed by atoms with van der Waals surface area (Å²) < 4.78 is 57.5. The van der Waals surface area contributed by atoms with Crippen LogP contribution in [0.15, 0.2) is 18.2 Å². The highest BCUT2D eigenvalue weighted by molar-refractivity contribution is 5.90. The fourth-order valence-electron chi connectivity index (χ4n) is 3.28. The van der Waals surface area contributed by atoms with E-state index in [2.05, 4.69) is 10.2 Å². The van der Waals surface area contributed by atoms with E-state index in [0.29, 0.717) is 38.2 Å². The topological polar surface area (TPSA) is 44.8 Å². The van der Waals surface area contributed by atoms with Gasteiger partial charge in [0.2, 0.25) is 0 Å². The molecule has 2 amide bonds. The van der Waals surface area contributed by atoms with Crippen molar-refractivity contribution in [2.45, 2.75) is 12.6 Å². The fraction of sp³-hybridized carbons (Fsp3) is 0.588. The molecule has 1 aromatic carbocycles. The molecular weight excluding hydrogens is 354 g/mol. The monoisotopic (exact) mass is 375 g/mol. The summed E-state index contributed by atoms with van der Waals surface area (Å²) in [4.78, 5) is 16.0. The second kappa shape index (κ2) is 7.79. The van der Waals surface area contributed by atoms with Crippen LogP contribution in [0, 0.1) is 11.7 Å². The molecule has 3 rings (SSSR count). The van der Waals surface area contributed by atoms with E-state index in [-0.39, 0.29) is 0 Å². The smallest absolute Gasteiger partial charge is 0.381 e. The van der Waals surface area contributed by atoms with Gasteiger partial charge in [0.05, 0.1) is 17.9 Å². The van der Waals surface area contributed by atoms with Gasteiger partial charge in [-0.1, -0.05) is 0 Å². The Hall–Kier alpha value is -1.87. The number of nitrogens with one attached hydrogen (secondary N) is 1. The standard InChI is InChI=1S/C17H21F4N3O2/c18-13-1-2-15(14(9-13)17(19,20)21)22-16(25)24-6-4-23(5-7-24)10-12-3-8-26-11-12/h1-2,9,12H,3-8,10-11H2,(H,22,25). The molecule has 0 radical (unpaired) electrons. The van der Waals surface area contributed by atoms with Crippen molar-refractivity contribution in [2.75, 3.05) is 51.3 Å². The van der Waals surface area contributed by atoms with Gasteiger partial charge in [-0.2, -0.15) is 13.2 Å². The first kappa shape index (κ1) is 18.9. The van der Waals surface area contributed by atoms with E-state index >= 15 is 0 Å². The Balaban J connectivity index is 1.56. The maximum Gasteiger partial charge on any atom is 0.418 e. The summed E-state index contributed by atoms with van der Waals surface area (Å²) in [7, 11) is 0. The van der Waals surface area contributed by atoms with E-state index in [1.54, 1.807) is 0 Å². The molecule has 1 aromatic rings. The summed E-state index contributed by atoms with van der Waals surface area (Å²) in [5.41, 5.74) is -1.62. The van der Waals surface area contributed by atoms with Crippen molar-refractivity contribution >= 4 is 11.7 Å². The van der Waals surface area contributed by atoms with Crippen LogP contribution in [-0.2, 0) is 10.9 Å². The van der Waals surface area contributed by atoms with Gasteiger partial charge < -0.3 is 15.0 Å². The third-order valence-electron chi connectivity index (χ3n) is 4.73. The van der Waals surface area contributed by atoms with Crippen LogP contribution in [0.25, 0.3) is 0 Å². The van der Waals surface area contributed by atoms with Crippen molar-refractivity contribution in [3.63, 3.8) is 0 Å². The van der Waals surface area contributed by atoms with Crippen LogP contribution >= 0.6 is 0 Å². The van der Waals surface area contributed by atoms with Gasteiger partial charge in [-0.3, -0.25) is 4.90 Å². The Bertz CT molecular complexity index is 639. The number of hydrogen-bond acceptors (Lipinski definition) is 3. The predicted molar refractivity (Wildman–Crippen MR) is 87.4 cm³/mol. The molecule has 0 saturated carbocycles. The molecule has 2 heterocycles. The van der Waals surface area contributed by atoms with Crippen LogP contribution in [0.1, 0.15) is 12.0 Å². The Kier molecular flexibility index (Phi) is 5.67. The lowest BCUT2D eigenvalue weighted by atomic mass is 10.1. The molecule has 0 aromatic heterocycles. The second-order valence-corrected chi connectivity index (χ2v) is 6.64. The Morgan fingerprint density at radius 2 is 1.96 bits per heavy atom. The molecule has 2 aliphatic rings. The van der Waals surface area contributed by atoms with Crippen LogP contribution in [0.4, 0.5) is 28.0 Å². The third-order valence-corrected chi connectivity index (χ3v) is 4.73. The maximum atomic E-state index is 13.1. The van der Waals surface area contributed by atoms with E-state index < -0.39 is 29.3 Å². The zero-order valence-electron chi connectivity index (χ0n) is 14.2. The van der Waals surface area contributed by atoms with Crippen molar-refractivity contribution in [3.05, 3.63) is 29.6 Å². The highest BCUT2D eigenvalue weighted by Gasteiger charge is 2.35. The number of piperazine rings is 1. The van der Waals surface area contributed by atoms with Crippen molar-refractivity contribution < 1.29 is 27.1 Å². The molecule has 2 saturated heterocycles. The first-order chi connectivity index (χ1) is 12.3. The minimum atomic E-state index is -4.74. The molecule has 5 nitrogen and oxygen atoms in total. The van der Waals surface area contributed by atoms with E-state index in [4.69, 9.17) is 4.74 Å². The van der Waals surface area contributed by atoms with Gasteiger partial charge in [0.1, 0.15) is 5.82 Å². The number of urea groups is 1. The predicted octanol–water partition coefficient (Wildman–Crippen LogP) is 3.03. The lowest BCUT2D eigenvalue weighted by Gasteiger charge is -2.35. The van der Waals surface area contributed by atoms with Gasteiger partial charge in [0.25, 0.3) is 0 Å². The number of amides is 2. The van der Waals surface area contributed by atoms with Crippen molar-refractivity contribution in [1.82, 2.24) is 9.80 Å². The number of anilines is 1. The van der Waals surface area contributed by atoms with E-state index in [1.807, 2.05) is 0 Å². The van der Waals surface area contributed by atoms with Gasteiger partial charge >= 0.3 is 12.2 Å². The van der Waals surface area contributed by atoms with Crippen molar-refractivity contribution in [2.24, 2.45) is 5.92 Å². The lowest BCUT2D eigenvalue weighted by molar-refractivity contribution is -0.137. The van der Waals surface area contributed by atoms with Crippen LogP contribution < -0.4 is 5.32 Å². The van der Waals surface area contributed by atoms with Gasteiger partial charge in [0, 0.05) is 39.3 Å². The fourth-order valence-corrected chi connectivity index (χ4v) is 3.28. The number of rotatable bonds is 3. The molecule has 26 heavy (non-hydrogen) atoms. The number of alkyl halides is 3. The molecule has 1 N–H and O–H groups in total. The lowest BCUT2D eigenvalue weighted by Crippen LogP contribution is -2.51. The number of nitrogens with zero attached hydrogens (tertiary/aromatic N) is 2. The minimum absolute atomic E-state index is 0.386. The van der Waals surface area contributed by atoms with Crippen LogP contribution in [0.5, 0.6) is 0 Å². The number of hydrogen-bond donors (Lipinski definition) is 1. The SMILES string of the molecule is O=C(Nc1ccc(F)cc1C(F)(F)F)N1CCN(CC2CCOC2)CC1. The van der Waals surface area contributed by atoms with Gasteiger partial charge in [0.15, 0.2) is 0 Å². The largest absolute Gasteiger partial charge is 0.418 e. The quantitative estimate of drug-likeness (QED) is 0.826. The zero-order valence-corrected chi connectivity index (χ0v) is 14.2. The molecule has 0 spiro atoms. The molecule has 9 heteroatoms. The molecule has 2 aliphatic heterocycles. The first-order valence-electron chi connectivity index (χ1n) is 8.55. The molecule has 144 valence electrons. The van der Waals surface area contributed by atoms with Crippen LogP contribution in [0.3, 0.4) is 0 Å². The van der Waals surface area contributed by atoms with Gasteiger partial charge in [-0.25, -0.2) is 9.18 Å². The number of halogens is 4. The average Bonchev–Trinajstić information content (AvgIpc) is 3.09. The van der Waals surface area contributed by atoms with Crippen molar-refractivity contribution in [1.29, 1.82) is 0 Å². The first-order valence-corrected chi connectivity index (χ1v) is 8.55. The zero-order chi connectivity index (χ0) is 18.7. The van der Waals surface area contributed by atoms with E-state index in [0.717, 1.165) is 38.3 Å².